The minimum Gasteiger partial charge on any atom is -0.478 e. The summed E-state index contributed by atoms with van der Waals surface area (Å²) in [6, 6.07) is 4.26. The maximum Gasteiger partial charge on any atom is 0.338 e. The largest absolute Gasteiger partial charge is 0.478 e. The average molecular weight is 280 g/mol. The summed E-state index contributed by atoms with van der Waals surface area (Å²) < 4.78 is 13.5. The van der Waals surface area contributed by atoms with E-state index in [9.17, 15) is 9.18 Å². The number of carboxylic acids is 1. The molecule has 0 aliphatic carbocycles. The standard InChI is InChI=1S/C13H13FN2O2S/c14-10-6-12(11(15)5-9(10)13(17)18)16-3-1-8-2-4-19-7-8/h2,4-7,16H,1,3,15H2,(H,17,18). The van der Waals surface area contributed by atoms with Crippen LogP contribution < -0.4 is 11.1 Å². The molecule has 2 aromatic rings. The molecule has 1 heterocycles. The first-order valence-electron chi connectivity index (χ1n) is 5.65. The van der Waals surface area contributed by atoms with E-state index in [1.165, 1.54) is 5.56 Å². The Kier molecular flexibility index (Phi) is 4.01. The summed E-state index contributed by atoms with van der Waals surface area (Å²) in [6.45, 7) is 0.604. The van der Waals surface area contributed by atoms with Gasteiger partial charge in [-0.1, -0.05) is 0 Å². The Morgan fingerprint density at radius 2 is 2.26 bits per heavy atom. The van der Waals surface area contributed by atoms with Gasteiger partial charge < -0.3 is 16.2 Å². The number of halogens is 1. The molecule has 0 amide bonds. The van der Waals surface area contributed by atoms with E-state index >= 15 is 0 Å². The lowest BCUT2D eigenvalue weighted by atomic mass is 10.1. The second kappa shape index (κ2) is 5.71. The van der Waals surface area contributed by atoms with E-state index in [-0.39, 0.29) is 5.69 Å². The van der Waals surface area contributed by atoms with Crippen molar-refractivity contribution in [2.75, 3.05) is 17.6 Å². The average Bonchev–Trinajstić information content (AvgIpc) is 2.85. The van der Waals surface area contributed by atoms with Gasteiger partial charge in [0.05, 0.1) is 16.9 Å². The number of nitrogens with one attached hydrogen (secondary N) is 1. The Labute approximate surface area is 113 Å². The molecule has 0 spiro atoms. The van der Waals surface area contributed by atoms with E-state index in [0.717, 1.165) is 18.6 Å². The van der Waals surface area contributed by atoms with E-state index in [1.807, 2.05) is 16.8 Å². The molecular formula is C13H13FN2O2S. The number of nitrogen functional groups attached to an aromatic ring is 1. The summed E-state index contributed by atoms with van der Waals surface area (Å²) in [6.07, 6.45) is 0.797. The van der Waals surface area contributed by atoms with Crippen molar-refractivity contribution < 1.29 is 14.3 Å². The van der Waals surface area contributed by atoms with Gasteiger partial charge in [0.1, 0.15) is 5.82 Å². The molecular weight excluding hydrogens is 267 g/mol. The molecule has 0 fully saturated rings. The highest BCUT2D eigenvalue weighted by atomic mass is 32.1. The van der Waals surface area contributed by atoms with Crippen molar-refractivity contribution in [3.05, 3.63) is 45.9 Å². The van der Waals surface area contributed by atoms with Crippen molar-refractivity contribution in [3.63, 3.8) is 0 Å². The Morgan fingerprint density at radius 3 is 2.89 bits per heavy atom. The monoisotopic (exact) mass is 280 g/mol. The van der Waals surface area contributed by atoms with Crippen molar-refractivity contribution in [3.8, 4) is 0 Å². The summed E-state index contributed by atoms with van der Waals surface area (Å²) in [7, 11) is 0. The molecule has 0 atom stereocenters. The molecule has 1 aromatic carbocycles. The molecule has 19 heavy (non-hydrogen) atoms. The van der Waals surface area contributed by atoms with E-state index in [0.29, 0.717) is 12.2 Å². The lowest BCUT2D eigenvalue weighted by Crippen LogP contribution is -2.09. The second-order valence-electron chi connectivity index (χ2n) is 4.03. The van der Waals surface area contributed by atoms with Crippen LogP contribution in [0.3, 0.4) is 0 Å². The first-order chi connectivity index (χ1) is 9.08. The number of benzene rings is 1. The first kappa shape index (κ1) is 13.4. The Hall–Kier alpha value is -2.08. The van der Waals surface area contributed by atoms with Gasteiger partial charge in [-0.15, -0.1) is 0 Å². The van der Waals surface area contributed by atoms with Crippen molar-refractivity contribution >= 4 is 28.7 Å². The molecule has 6 heteroatoms. The van der Waals surface area contributed by atoms with Gasteiger partial charge in [0.2, 0.25) is 0 Å². The number of hydrogen-bond acceptors (Lipinski definition) is 4. The number of nitrogens with two attached hydrogens (primary N) is 1. The summed E-state index contributed by atoms with van der Waals surface area (Å²) in [5.41, 5.74) is 7.12. The molecule has 1 aromatic heterocycles. The van der Waals surface area contributed by atoms with Crippen LogP contribution in [0.2, 0.25) is 0 Å². The Morgan fingerprint density at radius 1 is 1.47 bits per heavy atom. The highest BCUT2D eigenvalue weighted by molar-refractivity contribution is 7.07. The smallest absolute Gasteiger partial charge is 0.338 e. The number of thiophene rings is 1. The van der Waals surface area contributed by atoms with Gasteiger partial charge >= 0.3 is 5.97 Å². The molecule has 0 aliphatic heterocycles. The van der Waals surface area contributed by atoms with Gasteiger partial charge in [0.25, 0.3) is 0 Å². The van der Waals surface area contributed by atoms with Crippen LogP contribution in [0.25, 0.3) is 0 Å². The predicted octanol–water partition coefficient (Wildman–Crippen LogP) is 2.82. The zero-order chi connectivity index (χ0) is 13.8. The van der Waals surface area contributed by atoms with Gasteiger partial charge in [-0.3, -0.25) is 0 Å². The first-order valence-corrected chi connectivity index (χ1v) is 6.59. The maximum absolute atomic E-state index is 13.5. The number of hydrogen-bond donors (Lipinski definition) is 3. The molecule has 0 bridgehead atoms. The van der Waals surface area contributed by atoms with Crippen LogP contribution >= 0.6 is 11.3 Å². The summed E-state index contributed by atoms with van der Waals surface area (Å²) in [5, 5.41) is 15.8. The number of anilines is 2. The molecule has 0 unspecified atom stereocenters. The second-order valence-corrected chi connectivity index (χ2v) is 4.81. The topological polar surface area (TPSA) is 75.4 Å². The van der Waals surface area contributed by atoms with Crippen LogP contribution in [0.4, 0.5) is 15.8 Å². The maximum atomic E-state index is 13.5. The lowest BCUT2D eigenvalue weighted by Gasteiger charge is -2.10. The van der Waals surface area contributed by atoms with Gasteiger partial charge in [-0.25, -0.2) is 9.18 Å². The van der Waals surface area contributed by atoms with Gasteiger partial charge in [-0.2, -0.15) is 11.3 Å². The van der Waals surface area contributed by atoms with E-state index in [2.05, 4.69) is 5.32 Å². The third-order valence-corrected chi connectivity index (χ3v) is 3.41. The Balaban J connectivity index is 2.04. The zero-order valence-electron chi connectivity index (χ0n) is 10.0. The summed E-state index contributed by atoms with van der Waals surface area (Å²) in [5.74, 6) is -2.12. The SMILES string of the molecule is Nc1cc(C(=O)O)c(F)cc1NCCc1ccsc1. The molecule has 0 saturated carbocycles. The minimum absolute atomic E-state index is 0.226. The molecule has 4 N–H and O–H groups in total. The number of carbonyl (C=O) groups is 1. The van der Waals surface area contributed by atoms with E-state index < -0.39 is 17.3 Å². The molecule has 100 valence electrons. The third kappa shape index (κ3) is 3.23. The third-order valence-electron chi connectivity index (χ3n) is 2.68. The summed E-state index contributed by atoms with van der Waals surface area (Å²) in [4.78, 5) is 10.7. The van der Waals surface area contributed by atoms with Crippen LogP contribution in [0.5, 0.6) is 0 Å². The van der Waals surface area contributed by atoms with Crippen LogP contribution in [0, 0.1) is 5.82 Å². The fourth-order valence-corrected chi connectivity index (χ4v) is 2.39. The van der Waals surface area contributed by atoms with E-state index in [4.69, 9.17) is 10.8 Å². The quantitative estimate of drug-likeness (QED) is 0.736. The van der Waals surface area contributed by atoms with Crippen LogP contribution in [0.15, 0.2) is 29.0 Å². The lowest BCUT2D eigenvalue weighted by molar-refractivity contribution is 0.0692. The molecule has 0 aliphatic rings. The normalized spacial score (nSPS) is 10.4. The Bertz CT molecular complexity index is 585. The van der Waals surface area contributed by atoms with Gasteiger partial charge in [0.15, 0.2) is 0 Å². The van der Waals surface area contributed by atoms with Crippen molar-refractivity contribution in [2.24, 2.45) is 0 Å². The number of carboxylic acid groups (broad SMARTS) is 1. The number of aromatic carboxylic acids is 1. The highest BCUT2D eigenvalue weighted by Gasteiger charge is 2.13. The minimum atomic E-state index is -1.32. The highest BCUT2D eigenvalue weighted by Crippen LogP contribution is 2.23. The zero-order valence-corrected chi connectivity index (χ0v) is 10.8. The molecule has 0 radical (unpaired) electrons. The predicted molar refractivity (Wildman–Crippen MR) is 74.3 cm³/mol. The van der Waals surface area contributed by atoms with Crippen LogP contribution in [-0.4, -0.2) is 17.6 Å². The fraction of sp³-hybridized carbons (Fsp3) is 0.154. The molecule has 4 nitrogen and oxygen atoms in total. The molecule has 0 saturated heterocycles. The van der Waals surface area contributed by atoms with Crippen molar-refractivity contribution in [2.45, 2.75) is 6.42 Å². The van der Waals surface area contributed by atoms with Crippen LogP contribution in [-0.2, 0) is 6.42 Å². The summed E-state index contributed by atoms with van der Waals surface area (Å²) >= 11 is 1.62. The fourth-order valence-electron chi connectivity index (χ4n) is 1.68. The van der Waals surface area contributed by atoms with Gasteiger partial charge in [0, 0.05) is 6.54 Å². The van der Waals surface area contributed by atoms with Crippen molar-refractivity contribution in [1.82, 2.24) is 0 Å². The number of rotatable bonds is 5. The van der Waals surface area contributed by atoms with E-state index in [1.54, 1.807) is 11.3 Å². The van der Waals surface area contributed by atoms with Crippen LogP contribution in [0.1, 0.15) is 15.9 Å². The molecule has 2 rings (SSSR count). The van der Waals surface area contributed by atoms with Gasteiger partial charge in [-0.05, 0) is 40.9 Å². The van der Waals surface area contributed by atoms with Crippen molar-refractivity contribution in [1.29, 1.82) is 0 Å².